The first-order valence-electron chi connectivity index (χ1n) is 11.7. The molecule has 5 rings (SSSR count). The van der Waals surface area contributed by atoms with E-state index in [9.17, 15) is 0 Å². The Morgan fingerprint density at radius 1 is 0.969 bits per heavy atom. The van der Waals surface area contributed by atoms with Crippen LogP contribution in [-0.4, -0.2) is 35.4 Å². The lowest BCUT2D eigenvalue weighted by molar-refractivity contribution is 0.426. The number of hydrogen-bond donors (Lipinski definition) is 1. The number of hydrogen-bond acceptors (Lipinski definition) is 5. The molecule has 1 saturated carbocycles. The van der Waals surface area contributed by atoms with Crippen molar-refractivity contribution in [2.45, 2.75) is 64.3 Å². The molecule has 2 aromatic heterocycles. The predicted molar refractivity (Wildman–Crippen MR) is 124 cm³/mol. The van der Waals surface area contributed by atoms with Gasteiger partial charge in [0.25, 0.3) is 0 Å². The van der Waals surface area contributed by atoms with Gasteiger partial charge in [0.05, 0.1) is 6.54 Å². The summed E-state index contributed by atoms with van der Waals surface area (Å²) in [5, 5.41) is 19.3. The first kappa shape index (κ1) is 20.5. The molecule has 2 heterocycles. The molecule has 1 aliphatic rings. The van der Waals surface area contributed by atoms with E-state index < -0.39 is 0 Å². The average Bonchev–Trinajstić information content (AvgIpc) is 3.51. The van der Waals surface area contributed by atoms with E-state index in [4.69, 9.17) is 10.1 Å². The van der Waals surface area contributed by atoms with Crippen molar-refractivity contribution in [1.82, 2.24) is 35.4 Å². The Labute approximate surface area is 188 Å². The molecule has 0 aliphatic heterocycles. The van der Waals surface area contributed by atoms with Gasteiger partial charge in [-0.15, -0.1) is 5.10 Å². The molecule has 0 amide bonds. The average molecular weight is 428 g/mol. The lowest BCUT2D eigenvalue weighted by Crippen LogP contribution is -2.08. The van der Waals surface area contributed by atoms with E-state index >= 15 is 0 Å². The number of nitrogens with one attached hydrogen (secondary N) is 1. The minimum atomic E-state index is 0.532. The number of nitrogens with zero attached hydrogens (tertiary/aromatic N) is 6. The SMILES string of the molecule is CCCc1nc(C2CCCCC2)nn1Cc1ccc(-c2ccccc2-c2nnn[nH]2)cc1. The lowest BCUT2D eigenvalue weighted by Gasteiger charge is -2.18. The number of benzene rings is 2. The molecule has 7 nitrogen and oxygen atoms in total. The van der Waals surface area contributed by atoms with Crippen LogP contribution in [0.15, 0.2) is 48.5 Å². The molecule has 1 fully saturated rings. The highest BCUT2D eigenvalue weighted by atomic mass is 15.5. The summed E-state index contributed by atoms with van der Waals surface area (Å²) < 4.78 is 2.12. The van der Waals surface area contributed by atoms with Gasteiger partial charge in [-0.1, -0.05) is 74.7 Å². The Balaban J connectivity index is 1.38. The molecule has 164 valence electrons. The first-order valence-corrected chi connectivity index (χ1v) is 11.7. The van der Waals surface area contributed by atoms with E-state index in [1.165, 1.54) is 37.7 Å². The topological polar surface area (TPSA) is 85.2 Å². The summed E-state index contributed by atoms with van der Waals surface area (Å²) in [6.07, 6.45) is 8.45. The molecule has 0 bridgehead atoms. The molecule has 4 aromatic rings. The van der Waals surface area contributed by atoms with Crippen LogP contribution in [0.5, 0.6) is 0 Å². The van der Waals surface area contributed by atoms with Gasteiger partial charge in [0.15, 0.2) is 11.6 Å². The van der Waals surface area contributed by atoms with Gasteiger partial charge >= 0.3 is 0 Å². The molecule has 0 saturated heterocycles. The van der Waals surface area contributed by atoms with Gasteiger partial charge < -0.3 is 0 Å². The van der Waals surface area contributed by atoms with Crippen molar-refractivity contribution in [1.29, 1.82) is 0 Å². The highest BCUT2D eigenvalue weighted by Crippen LogP contribution is 2.32. The molecule has 0 spiro atoms. The van der Waals surface area contributed by atoms with Crippen molar-refractivity contribution in [2.24, 2.45) is 0 Å². The summed E-state index contributed by atoms with van der Waals surface area (Å²) in [4.78, 5) is 4.95. The minimum Gasteiger partial charge on any atom is -0.245 e. The second-order valence-corrected chi connectivity index (χ2v) is 8.62. The zero-order chi connectivity index (χ0) is 21.8. The van der Waals surface area contributed by atoms with Crippen LogP contribution >= 0.6 is 0 Å². The van der Waals surface area contributed by atoms with Gasteiger partial charge in [0, 0.05) is 17.9 Å². The number of H-pyrrole nitrogens is 1. The zero-order valence-corrected chi connectivity index (χ0v) is 18.5. The molecule has 0 unspecified atom stereocenters. The summed E-state index contributed by atoms with van der Waals surface area (Å²) in [7, 11) is 0. The number of tetrazole rings is 1. The Hall–Kier alpha value is -3.35. The van der Waals surface area contributed by atoms with Crippen molar-refractivity contribution < 1.29 is 0 Å². The molecule has 1 N–H and O–H groups in total. The summed E-state index contributed by atoms with van der Waals surface area (Å²) in [6.45, 7) is 2.96. The van der Waals surface area contributed by atoms with Gasteiger partial charge in [-0.2, -0.15) is 5.10 Å². The maximum Gasteiger partial charge on any atom is 0.180 e. The third kappa shape index (κ3) is 4.33. The fourth-order valence-corrected chi connectivity index (χ4v) is 4.64. The van der Waals surface area contributed by atoms with Crippen LogP contribution < -0.4 is 0 Å². The third-order valence-electron chi connectivity index (χ3n) is 6.33. The number of aryl methyl sites for hydroxylation is 1. The van der Waals surface area contributed by atoms with Crippen LogP contribution in [0.4, 0.5) is 0 Å². The van der Waals surface area contributed by atoms with Crippen LogP contribution in [0.25, 0.3) is 22.5 Å². The summed E-state index contributed by atoms with van der Waals surface area (Å²) in [6, 6.07) is 16.9. The van der Waals surface area contributed by atoms with E-state index in [-0.39, 0.29) is 0 Å². The van der Waals surface area contributed by atoms with Gasteiger partial charge in [-0.3, -0.25) is 0 Å². The molecule has 2 aromatic carbocycles. The minimum absolute atomic E-state index is 0.532. The largest absolute Gasteiger partial charge is 0.245 e. The highest BCUT2D eigenvalue weighted by molar-refractivity contribution is 5.80. The second kappa shape index (κ2) is 9.42. The van der Waals surface area contributed by atoms with Crippen molar-refractivity contribution >= 4 is 0 Å². The number of rotatable bonds is 7. The Kier molecular flexibility index (Phi) is 6.05. The molecule has 32 heavy (non-hydrogen) atoms. The molecular weight excluding hydrogens is 398 g/mol. The van der Waals surface area contributed by atoms with Gasteiger partial charge in [0.1, 0.15) is 5.82 Å². The van der Waals surface area contributed by atoms with Crippen molar-refractivity contribution in [3.8, 4) is 22.5 Å². The van der Waals surface area contributed by atoms with Crippen molar-refractivity contribution in [3.63, 3.8) is 0 Å². The van der Waals surface area contributed by atoms with E-state index in [2.05, 4.69) is 62.6 Å². The highest BCUT2D eigenvalue weighted by Gasteiger charge is 2.21. The van der Waals surface area contributed by atoms with E-state index in [1.807, 2.05) is 18.2 Å². The quantitative estimate of drug-likeness (QED) is 0.440. The molecular formula is C25H29N7. The van der Waals surface area contributed by atoms with E-state index in [0.29, 0.717) is 11.7 Å². The van der Waals surface area contributed by atoms with Gasteiger partial charge in [-0.05, 0) is 46.4 Å². The van der Waals surface area contributed by atoms with E-state index in [1.54, 1.807) is 0 Å². The molecule has 0 atom stereocenters. The molecule has 7 heteroatoms. The summed E-state index contributed by atoms with van der Waals surface area (Å²) in [5.41, 5.74) is 4.45. The monoisotopic (exact) mass is 427 g/mol. The standard InChI is InChI=1S/C25H29N7/c1-2-8-23-26-24(20-9-4-3-5-10-20)29-32(23)17-18-13-15-19(16-14-18)21-11-6-7-12-22(21)25-27-30-31-28-25/h6-7,11-16,20H,2-5,8-10,17H2,1H3,(H,27,28,30,31). The Morgan fingerprint density at radius 2 is 1.75 bits per heavy atom. The maximum absolute atomic E-state index is 4.96. The summed E-state index contributed by atoms with van der Waals surface area (Å²) >= 11 is 0. The zero-order valence-electron chi connectivity index (χ0n) is 18.5. The second-order valence-electron chi connectivity index (χ2n) is 8.62. The third-order valence-corrected chi connectivity index (χ3v) is 6.33. The Bertz CT molecular complexity index is 1140. The van der Waals surface area contributed by atoms with Crippen LogP contribution in [0, 0.1) is 0 Å². The van der Waals surface area contributed by atoms with Gasteiger partial charge in [-0.25, -0.2) is 14.8 Å². The lowest BCUT2D eigenvalue weighted by atomic mass is 9.89. The fraction of sp³-hybridized carbons (Fsp3) is 0.400. The van der Waals surface area contributed by atoms with Crippen LogP contribution in [0.3, 0.4) is 0 Å². The smallest absolute Gasteiger partial charge is 0.180 e. The molecule has 0 radical (unpaired) electrons. The van der Waals surface area contributed by atoms with Gasteiger partial charge in [0.2, 0.25) is 0 Å². The van der Waals surface area contributed by atoms with Crippen molar-refractivity contribution in [3.05, 3.63) is 65.7 Å². The fourth-order valence-electron chi connectivity index (χ4n) is 4.64. The maximum atomic E-state index is 4.96. The first-order chi connectivity index (χ1) is 15.8. The molecule has 1 aliphatic carbocycles. The van der Waals surface area contributed by atoms with Crippen LogP contribution in [0.1, 0.15) is 68.6 Å². The van der Waals surface area contributed by atoms with Crippen molar-refractivity contribution in [2.75, 3.05) is 0 Å². The van der Waals surface area contributed by atoms with Crippen LogP contribution in [0.2, 0.25) is 0 Å². The van der Waals surface area contributed by atoms with E-state index in [0.717, 1.165) is 47.7 Å². The Morgan fingerprint density at radius 3 is 2.47 bits per heavy atom. The predicted octanol–water partition coefficient (Wildman–Crippen LogP) is 5.17. The normalized spacial score (nSPS) is 14.7. The number of aromatic amines is 1. The number of aromatic nitrogens is 7. The summed E-state index contributed by atoms with van der Waals surface area (Å²) in [5.74, 6) is 3.37. The van der Waals surface area contributed by atoms with Crippen LogP contribution in [-0.2, 0) is 13.0 Å².